The van der Waals surface area contributed by atoms with Gasteiger partial charge in [-0.15, -0.1) is 16.4 Å². The van der Waals surface area contributed by atoms with E-state index < -0.39 is 0 Å². The first-order chi connectivity index (χ1) is 6.58. The normalized spacial score (nSPS) is 10.8. The third kappa shape index (κ3) is 1.37. The van der Waals surface area contributed by atoms with Gasteiger partial charge in [0.15, 0.2) is 5.82 Å². The van der Waals surface area contributed by atoms with Gasteiger partial charge in [-0.2, -0.15) is 4.98 Å². The molecule has 0 saturated heterocycles. The number of nitrogens with zero attached hydrogens (tertiary/aromatic N) is 4. The largest absolute Gasteiger partial charge is 0.368 e. The molecule has 0 amide bonds. The Labute approximate surface area is 85.6 Å². The van der Waals surface area contributed by atoms with E-state index in [4.69, 9.17) is 5.73 Å². The molecule has 0 unspecified atom stereocenters. The van der Waals surface area contributed by atoms with Crippen molar-refractivity contribution in [1.82, 2.24) is 19.7 Å². The summed E-state index contributed by atoms with van der Waals surface area (Å²) in [6, 6.07) is 0. The molecule has 0 radical (unpaired) electrons. The van der Waals surface area contributed by atoms with E-state index in [1.54, 1.807) is 23.1 Å². The van der Waals surface area contributed by atoms with E-state index >= 15 is 0 Å². The lowest BCUT2D eigenvalue weighted by Crippen LogP contribution is -1.97. The highest BCUT2D eigenvalue weighted by atomic mass is 32.1. The zero-order valence-electron chi connectivity index (χ0n) is 8.27. The summed E-state index contributed by atoms with van der Waals surface area (Å²) in [5.74, 6) is 1.08. The molecule has 74 valence electrons. The van der Waals surface area contributed by atoms with E-state index in [0.29, 0.717) is 11.8 Å². The predicted molar refractivity (Wildman–Crippen MR) is 56.0 cm³/mol. The lowest BCUT2D eigenvalue weighted by atomic mass is 10.4. The Morgan fingerprint density at radius 2 is 2.00 bits per heavy atom. The zero-order chi connectivity index (χ0) is 10.3. The Kier molecular flexibility index (Phi) is 1.99. The summed E-state index contributed by atoms with van der Waals surface area (Å²) >= 11 is 1.58. The average Bonchev–Trinajstić information content (AvgIpc) is 2.57. The predicted octanol–water partition coefficient (Wildman–Crippen LogP) is 1.14. The van der Waals surface area contributed by atoms with Gasteiger partial charge in [-0.3, -0.25) is 0 Å². The monoisotopic (exact) mass is 209 g/mol. The molecule has 0 atom stereocenters. The Balaban J connectivity index is 2.54. The molecule has 0 spiro atoms. The summed E-state index contributed by atoms with van der Waals surface area (Å²) in [5, 5.41) is 5.22. The molecule has 2 heterocycles. The van der Waals surface area contributed by atoms with Gasteiger partial charge in [0.1, 0.15) is 0 Å². The second-order valence-electron chi connectivity index (χ2n) is 3.06. The maximum atomic E-state index is 5.61. The SMILES string of the molecule is Cc1nc(C)c(-c2nc(N)n(C)n2)s1. The number of hydrogen-bond acceptors (Lipinski definition) is 5. The summed E-state index contributed by atoms with van der Waals surface area (Å²) in [6.45, 7) is 3.92. The van der Waals surface area contributed by atoms with Crippen molar-refractivity contribution in [2.45, 2.75) is 13.8 Å². The molecule has 2 aromatic rings. The summed E-state index contributed by atoms with van der Waals surface area (Å²) < 4.78 is 1.56. The summed E-state index contributed by atoms with van der Waals surface area (Å²) in [7, 11) is 1.77. The van der Waals surface area contributed by atoms with Crippen LogP contribution in [0.2, 0.25) is 0 Å². The van der Waals surface area contributed by atoms with E-state index in [1.165, 1.54) is 0 Å². The Hall–Kier alpha value is -1.43. The summed E-state index contributed by atoms with van der Waals surface area (Å²) in [5.41, 5.74) is 6.57. The highest BCUT2D eigenvalue weighted by Crippen LogP contribution is 2.27. The first kappa shape index (κ1) is 9.14. The highest BCUT2D eigenvalue weighted by Gasteiger charge is 2.13. The molecule has 0 aromatic carbocycles. The third-order valence-electron chi connectivity index (χ3n) is 1.90. The van der Waals surface area contributed by atoms with Crippen molar-refractivity contribution in [2.75, 3.05) is 5.73 Å². The van der Waals surface area contributed by atoms with Crippen LogP contribution in [-0.4, -0.2) is 19.7 Å². The van der Waals surface area contributed by atoms with E-state index in [2.05, 4.69) is 15.1 Å². The van der Waals surface area contributed by atoms with Gasteiger partial charge < -0.3 is 5.73 Å². The maximum Gasteiger partial charge on any atom is 0.218 e. The first-order valence-corrected chi connectivity index (χ1v) is 5.00. The highest BCUT2D eigenvalue weighted by molar-refractivity contribution is 7.15. The zero-order valence-corrected chi connectivity index (χ0v) is 9.09. The van der Waals surface area contributed by atoms with E-state index in [1.807, 2.05) is 13.8 Å². The Morgan fingerprint density at radius 1 is 1.29 bits per heavy atom. The second-order valence-corrected chi connectivity index (χ2v) is 4.27. The number of nitrogens with two attached hydrogens (primary N) is 1. The van der Waals surface area contributed by atoms with Crippen molar-refractivity contribution in [3.05, 3.63) is 10.7 Å². The van der Waals surface area contributed by atoms with Gasteiger partial charge >= 0.3 is 0 Å². The van der Waals surface area contributed by atoms with Gasteiger partial charge in [0.05, 0.1) is 15.6 Å². The number of anilines is 1. The lowest BCUT2D eigenvalue weighted by molar-refractivity contribution is 0.781. The Bertz CT molecular complexity index is 451. The van der Waals surface area contributed by atoms with Crippen molar-refractivity contribution >= 4 is 17.3 Å². The Morgan fingerprint density at radius 3 is 2.43 bits per heavy atom. The van der Waals surface area contributed by atoms with Gasteiger partial charge in [0.2, 0.25) is 5.95 Å². The van der Waals surface area contributed by atoms with Gasteiger partial charge in [-0.1, -0.05) is 0 Å². The minimum atomic E-state index is 0.422. The van der Waals surface area contributed by atoms with Crippen LogP contribution >= 0.6 is 11.3 Å². The average molecular weight is 209 g/mol. The number of thiazole rings is 1. The fraction of sp³-hybridized carbons (Fsp3) is 0.375. The van der Waals surface area contributed by atoms with Crippen LogP contribution in [0, 0.1) is 13.8 Å². The standard InChI is InChI=1S/C8H11N5S/c1-4-6(14-5(2)10-4)7-11-8(9)13(3)12-7/h1-3H3,(H2,9,11,12). The van der Waals surface area contributed by atoms with E-state index in [-0.39, 0.29) is 0 Å². The van der Waals surface area contributed by atoms with Crippen molar-refractivity contribution in [2.24, 2.45) is 7.05 Å². The number of nitrogen functional groups attached to an aromatic ring is 1. The molecule has 0 fully saturated rings. The van der Waals surface area contributed by atoms with Crippen LogP contribution in [-0.2, 0) is 7.05 Å². The fourth-order valence-electron chi connectivity index (χ4n) is 1.23. The van der Waals surface area contributed by atoms with Crippen LogP contribution in [0.4, 0.5) is 5.95 Å². The maximum absolute atomic E-state index is 5.61. The quantitative estimate of drug-likeness (QED) is 0.764. The van der Waals surface area contributed by atoms with Gasteiger partial charge in [-0.05, 0) is 13.8 Å². The van der Waals surface area contributed by atoms with E-state index in [9.17, 15) is 0 Å². The molecule has 2 aromatic heterocycles. The topological polar surface area (TPSA) is 69.6 Å². The fourth-order valence-corrected chi connectivity index (χ4v) is 2.08. The molecule has 5 nitrogen and oxygen atoms in total. The smallest absolute Gasteiger partial charge is 0.218 e. The summed E-state index contributed by atoms with van der Waals surface area (Å²) in [4.78, 5) is 9.46. The van der Waals surface area contributed by atoms with Crippen LogP contribution in [0.15, 0.2) is 0 Å². The third-order valence-corrected chi connectivity index (χ3v) is 2.97. The number of aromatic nitrogens is 4. The van der Waals surface area contributed by atoms with Crippen LogP contribution in [0.5, 0.6) is 0 Å². The molecule has 0 aliphatic carbocycles. The first-order valence-electron chi connectivity index (χ1n) is 4.19. The molecule has 2 rings (SSSR count). The minimum Gasteiger partial charge on any atom is -0.368 e. The van der Waals surface area contributed by atoms with Crippen molar-refractivity contribution in [3.63, 3.8) is 0 Å². The van der Waals surface area contributed by atoms with Gasteiger partial charge in [0, 0.05) is 7.05 Å². The van der Waals surface area contributed by atoms with Crippen LogP contribution < -0.4 is 5.73 Å². The van der Waals surface area contributed by atoms with Crippen LogP contribution in [0.1, 0.15) is 10.7 Å². The van der Waals surface area contributed by atoms with Crippen molar-refractivity contribution < 1.29 is 0 Å². The summed E-state index contributed by atoms with van der Waals surface area (Å²) in [6.07, 6.45) is 0. The molecule has 0 saturated carbocycles. The minimum absolute atomic E-state index is 0.422. The van der Waals surface area contributed by atoms with Gasteiger partial charge in [-0.25, -0.2) is 9.67 Å². The molecule has 0 aliphatic rings. The molecule has 6 heteroatoms. The van der Waals surface area contributed by atoms with Crippen LogP contribution in [0.3, 0.4) is 0 Å². The van der Waals surface area contributed by atoms with E-state index in [0.717, 1.165) is 15.6 Å². The second kappa shape index (κ2) is 3.06. The molecule has 2 N–H and O–H groups in total. The van der Waals surface area contributed by atoms with Crippen molar-refractivity contribution in [1.29, 1.82) is 0 Å². The van der Waals surface area contributed by atoms with Gasteiger partial charge in [0.25, 0.3) is 0 Å². The molecule has 0 bridgehead atoms. The number of hydrogen-bond donors (Lipinski definition) is 1. The molecular formula is C8H11N5S. The molecular weight excluding hydrogens is 198 g/mol. The lowest BCUT2D eigenvalue weighted by Gasteiger charge is -1.88. The number of aryl methyl sites for hydroxylation is 3. The number of rotatable bonds is 1. The van der Waals surface area contributed by atoms with Crippen molar-refractivity contribution in [3.8, 4) is 10.7 Å². The molecule has 14 heavy (non-hydrogen) atoms. The molecule has 0 aliphatic heterocycles. The van der Waals surface area contributed by atoms with Crippen LogP contribution in [0.25, 0.3) is 10.7 Å².